The number of nitrogens with one attached hydrogen (secondary N) is 1. The van der Waals surface area contributed by atoms with Gasteiger partial charge in [-0.05, 0) is 49.7 Å². The molecule has 1 N–H and O–H groups in total. The fraction of sp³-hybridized carbons (Fsp3) is 0.364. The van der Waals surface area contributed by atoms with E-state index < -0.39 is 40.2 Å². The van der Waals surface area contributed by atoms with Gasteiger partial charge in [-0.25, -0.2) is 12.8 Å². The third-order valence-electron chi connectivity index (χ3n) is 4.89. The standard InChI is InChI=1S/C22H27ClFN3O5S/c1-5-25-22(29)15(2)26(13-16-6-8-17(24)9-7-16)21(28)14-27(33(4,30)31)18-10-11-20(32-3)19(23)12-18/h6-12,15H,5,13-14H2,1-4H3,(H,25,29)/t15-/m1/s1. The van der Waals surface area contributed by atoms with Crippen LogP contribution < -0.4 is 14.4 Å². The molecule has 11 heteroatoms. The Kier molecular flexibility index (Phi) is 9.07. The van der Waals surface area contributed by atoms with Crippen molar-refractivity contribution in [3.8, 4) is 5.75 Å². The molecule has 2 rings (SSSR count). The number of sulfonamides is 1. The van der Waals surface area contributed by atoms with Crippen molar-refractivity contribution in [3.63, 3.8) is 0 Å². The number of nitrogens with zero attached hydrogens (tertiary/aromatic N) is 2. The Bertz CT molecular complexity index is 1100. The number of hydrogen-bond acceptors (Lipinski definition) is 5. The van der Waals surface area contributed by atoms with E-state index >= 15 is 0 Å². The van der Waals surface area contributed by atoms with Gasteiger partial charge in [0.1, 0.15) is 24.2 Å². The van der Waals surface area contributed by atoms with E-state index in [1.54, 1.807) is 13.8 Å². The molecule has 8 nitrogen and oxygen atoms in total. The number of rotatable bonds is 10. The molecule has 0 unspecified atom stereocenters. The van der Waals surface area contributed by atoms with Gasteiger partial charge in [0, 0.05) is 13.1 Å². The van der Waals surface area contributed by atoms with Gasteiger partial charge in [0.05, 0.1) is 24.1 Å². The van der Waals surface area contributed by atoms with E-state index in [2.05, 4.69) is 5.32 Å². The number of likely N-dealkylation sites (N-methyl/N-ethyl adjacent to an activating group) is 1. The molecule has 180 valence electrons. The molecular weight excluding hydrogens is 473 g/mol. The molecule has 0 aromatic heterocycles. The van der Waals surface area contributed by atoms with Crippen LogP contribution in [-0.2, 0) is 26.2 Å². The first-order valence-electron chi connectivity index (χ1n) is 10.1. The highest BCUT2D eigenvalue weighted by atomic mass is 35.5. The number of anilines is 1. The number of carbonyl (C=O) groups is 2. The first kappa shape index (κ1) is 26.4. The van der Waals surface area contributed by atoms with Crippen molar-refractivity contribution in [2.75, 3.05) is 30.8 Å². The second-order valence-corrected chi connectivity index (χ2v) is 9.62. The average Bonchev–Trinajstić information content (AvgIpc) is 2.75. The minimum Gasteiger partial charge on any atom is -0.495 e. The summed E-state index contributed by atoms with van der Waals surface area (Å²) in [5.74, 6) is -1.10. The Morgan fingerprint density at radius 3 is 2.33 bits per heavy atom. The van der Waals surface area contributed by atoms with E-state index in [0.717, 1.165) is 10.6 Å². The highest BCUT2D eigenvalue weighted by molar-refractivity contribution is 7.92. The zero-order chi connectivity index (χ0) is 24.8. The van der Waals surface area contributed by atoms with Crippen LogP contribution in [0.4, 0.5) is 10.1 Å². The van der Waals surface area contributed by atoms with Crippen LogP contribution in [0.3, 0.4) is 0 Å². The zero-order valence-electron chi connectivity index (χ0n) is 18.8. The minimum atomic E-state index is -3.88. The van der Waals surface area contributed by atoms with Crippen molar-refractivity contribution in [2.24, 2.45) is 0 Å². The number of amides is 2. The van der Waals surface area contributed by atoms with Crippen LogP contribution in [0.1, 0.15) is 19.4 Å². The molecule has 0 saturated heterocycles. The van der Waals surface area contributed by atoms with Crippen molar-refractivity contribution >= 4 is 39.1 Å². The lowest BCUT2D eigenvalue weighted by Gasteiger charge is -2.31. The van der Waals surface area contributed by atoms with Crippen LogP contribution in [0.5, 0.6) is 5.75 Å². The van der Waals surface area contributed by atoms with Gasteiger partial charge in [-0.1, -0.05) is 23.7 Å². The largest absolute Gasteiger partial charge is 0.495 e. The number of ether oxygens (including phenoxy) is 1. The van der Waals surface area contributed by atoms with Gasteiger partial charge in [0.25, 0.3) is 0 Å². The topological polar surface area (TPSA) is 96.0 Å². The van der Waals surface area contributed by atoms with Crippen LogP contribution in [0.25, 0.3) is 0 Å². The van der Waals surface area contributed by atoms with Gasteiger partial charge < -0.3 is 15.0 Å². The fourth-order valence-electron chi connectivity index (χ4n) is 3.12. The SMILES string of the molecule is CCNC(=O)[C@@H](C)N(Cc1ccc(F)cc1)C(=O)CN(c1ccc(OC)c(Cl)c1)S(C)(=O)=O. The van der Waals surface area contributed by atoms with Crippen molar-refractivity contribution in [1.82, 2.24) is 10.2 Å². The normalized spacial score (nSPS) is 12.1. The van der Waals surface area contributed by atoms with Crippen LogP contribution in [0.2, 0.25) is 5.02 Å². The predicted octanol–water partition coefficient (Wildman–Crippen LogP) is 2.81. The smallest absolute Gasteiger partial charge is 0.244 e. The molecule has 0 fully saturated rings. The van der Waals surface area contributed by atoms with Gasteiger partial charge in [0.2, 0.25) is 21.8 Å². The maximum Gasteiger partial charge on any atom is 0.244 e. The van der Waals surface area contributed by atoms with Gasteiger partial charge in [0.15, 0.2) is 0 Å². The summed E-state index contributed by atoms with van der Waals surface area (Å²) in [5.41, 5.74) is 0.753. The summed E-state index contributed by atoms with van der Waals surface area (Å²) >= 11 is 6.14. The summed E-state index contributed by atoms with van der Waals surface area (Å²) in [7, 11) is -2.46. The molecule has 2 aromatic carbocycles. The molecule has 0 radical (unpaired) electrons. The number of halogens is 2. The fourth-order valence-corrected chi connectivity index (χ4v) is 4.21. The second kappa shape index (κ2) is 11.3. The maximum atomic E-state index is 13.3. The third-order valence-corrected chi connectivity index (χ3v) is 6.32. The van der Waals surface area contributed by atoms with Gasteiger partial charge >= 0.3 is 0 Å². The molecule has 1 atom stereocenters. The third kappa shape index (κ3) is 7.06. The molecular formula is C22H27ClFN3O5S. The number of benzene rings is 2. The van der Waals surface area contributed by atoms with E-state index in [1.165, 1.54) is 54.5 Å². The lowest BCUT2D eigenvalue weighted by atomic mass is 10.1. The van der Waals surface area contributed by atoms with E-state index in [1.807, 2.05) is 0 Å². The first-order valence-corrected chi connectivity index (χ1v) is 12.3. The van der Waals surface area contributed by atoms with E-state index in [4.69, 9.17) is 16.3 Å². The zero-order valence-corrected chi connectivity index (χ0v) is 20.4. The molecule has 0 saturated carbocycles. The summed E-state index contributed by atoms with van der Waals surface area (Å²) in [6, 6.07) is 8.93. The Morgan fingerprint density at radius 1 is 1.18 bits per heavy atom. The Hall–Kier alpha value is -2.85. The molecule has 2 aromatic rings. The summed E-state index contributed by atoms with van der Waals surface area (Å²) in [5, 5.41) is 2.83. The lowest BCUT2D eigenvalue weighted by molar-refractivity contribution is -0.139. The van der Waals surface area contributed by atoms with Crippen molar-refractivity contribution < 1.29 is 27.1 Å². The van der Waals surface area contributed by atoms with Crippen molar-refractivity contribution in [3.05, 3.63) is 58.9 Å². The molecule has 0 bridgehead atoms. The summed E-state index contributed by atoms with van der Waals surface area (Å²) in [4.78, 5) is 27.0. The molecule has 33 heavy (non-hydrogen) atoms. The van der Waals surface area contributed by atoms with Crippen LogP contribution >= 0.6 is 11.6 Å². The monoisotopic (exact) mass is 499 g/mol. The lowest BCUT2D eigenvalue weighted by Crippen LogP contribution is -2.51. The number of carbonyl (C=O) groups excluding carboxylic acids is 2. The highest BCUT2D eigenvalue weighted by Gasteiger charge is 2.30. The molecule has 2 amide bonds. The molecule has 0 aliphatic carbocycles. The minimum absolute atomic E-state index is 0.0155. The van der Waals surface area contributed by atoms with Crippen LogP contribution in [0.15, 0.2) is 42.5 Å². The highest BCUT2D eigenvalue weighted by Crippen LogP contribution is 2.30. The summed E-state index contributed by atoms with van der Waals surface area (Å²) in [6.45, 7) is 3.07. The summed E-state index contributed by atoms with van der Waals surface area (Å²) in [6.07, 6.45) is 0.968. The average molecular weight is 500 g/mol. The molecule has 0 aliphatic rings. The maximum absolute atomic E-state index is 13.3. The Labute approximate surface area is 198 Å². The predicted molar refractivity (Wildman–Crippen MR) is 125 cm³/mol. The number of methoxy groups -OCH3 is 1. The van der Waals surface area contributed by atoms with Gasteiger partial charge in [-0.2, -0.15) is 0 Å². The second-order valence-electron chi connectivity index (χ2n) is 7.31. The van der Waals surface area contributed by atoms with E-state index in [-0.39, 0.29) is 17.3 Å². The molecule has 0 aliphatic heterocycles. The van der Waals surface area contributed by atoms with Gasteiger partial charge in [-0.3, -0.25) is 13.9 Å². The van der Waals surface area contributed by atoms with Crippen molar-refractivity contribution in [2.45, 2.75) is 26.4 Å². The van der Waals surface area contributed by atoms with E-state index in [0.29, 0.717) is 17.9 Å². The van der Waals surface area contributed by atoms with Crippen LogP contribution in [0, 0.1) is 5.82 Å². The molecule has 0 heterocycles. The van der Waals surface area contributed by atoms with E-state index in [9.17, 15) is 22.4 Å². The summed E-state index contributed by atoms with van der Waals surface area (Å²) < 4.78 is 44.3. The van der Waals surface area contributed by atoms with Gasteiger partial charge in [-0.15, -0.1) is 0 Å². The molecule has 0 spiro atoms. The quantitative estimate of drug-likeness (QED) is 0.542. The number of hydrogen-bond donors (Lipinski definition) is 1. The first-order chi connectivity index (χ1) is 15.5. The van der Waals surface area contributed by atoms with Crippen LogP contribution in [-0.4, -0.2) is 57.6 Å². The van der Waals surface area contributed by atoms with Crippen molar-refractivity contribution in [1.29, 1.82) is 0 Å². The Balaban J connectivity index is 2.39. The Morgan fingerprint density at radius 2 is 1.82 bits per heavy atom.